The van der Waals surface area contributed by atoms with Crippen LogP contribution in [0.4, 0.5) is 11.4 Å². The number of hydrogen-bond donors (Lipinski definition) is 0. The van der Waals surface area contributed by atoms with Crippen molar-refractivity contribution in [1.29, 1.82) is 0 Å². The van der Waals surface area contributed by atoms with Crippen LogP contribution in [-0.2, 0) is 45.0 Å². The first-order chi connectivity index (χ1) is 27.4. The SMILES string of the molecule is C=CC(=O)OCC.CCOC(=O)/C=C/c1cc2c(c([N+](=O)[O-])c1)CCN(C(=O)c1ccccc1)C2.O=C(c1ccccc1)N1CCc2c(cc(I)cc2[N+](=O)[O-])C1. The highest BCUT2D eigenvalue weighted by Crippen LogP contribution is 2.32. The highest BCUT2D eigenvalue weighted by atomic mass is 127. The fourth-order valence-electron chi connectivity index (χ4n) is 6.19. The van der Waals surface area contributed by atoms with Crippen LogP contribution in [0, 0.1) is 23.8 Å². The van der Waals surface area contributed by atoms with Gasteiger partial charge in [-0.2, -0.15) is 0 Å². The molecule has 2 amide bonds. The first-order valence-corrected chi connectivity index (χ1v) is 19.0. The van der Waals surface area contributed by atoms with Crippen molar-refractivity contribution in [2.75, 3.05) is 26.3 Å². The van der Waals surface area contributed by atoms with Crippen molar-refractivity contribution < 1.29 is 38.5 Å². The van der Waals surface area contributed by atoms with Gasteiger partial charge in [-0.3, -0.25) is 29.8 Å². The second kappa shape index (κ2) is 21.2. The molecule has 0 saturated heterocycles. The number of ether oxygens (including phenoxy) is 2. The molecular weight excluding hydrogens is 847 g/mol. The molecule has 15 heteroatoms. The van der Waals surface area contributed by atoms with E-state index < -0.39 is 10.9 Å². The number of nitro groups is 2. The Morgan fingerprint density at radius 3 is 1.61 bits per heavy atom. The molecule has 0 aliphatic carbocycles. The molecule has 296 valence electrons. The van der Waals surface area contributed by atoms with E-state index in [4.69, 9.17) is 4.74 Å². The van der Waals surface area contributed by atoms with Crippen LogP contribution in [0.5, 0.6) is 0 Å². The quantitative estimate of drug-likeness (QED) is 0.0537. The standard InChI is InChI=1S/C21H20N2O5.C16H13IN2O3.C5H8O2/c1-2-28-20(24)9-8-15-12-17-14-22(21(25)16-6-4-3-5-7-16)11-10-18(17)19(13-15)23(26)27;17-13-8-12-10-18(16(20)11-4-2-1-3-5-11)7-6-14(12)15(9-13)19(21)22;1-3-5(6)7-4-2/h3-9,12-13H,2,10-11,14H2,1H3;1-5,8-9H,6-7,10H2;3H,1,4H2,2H3/b9-8+;;. The molecule has 14 nitrogen and oxygen atoms in total. The lowest BCUT2D eigenvalue weighted by Crippen LogP contribution is -2.36. The molecule has 57 heavy (non-hydrogen) atoms. The normalized spacial score (nSPS) is 12.7. The van der Waals surface area contributed by atoms with Gasteiger partial charge in [-0.25, -0.2) is 9.59 Å². The Morgan fingerprint density at radius 2 is 1.18 bits per heavy atom. The molecule has 4 aromatic rings. The van der Waals surface area contributed by atoms with E-state index in [1.54, 1.807) is 72.2 Å². The number of amides is 2. The summed E-state index contributed by atoms with van der Waals surface area (Å²) in [5, 5.41) is 22.7. The number of benzene rings is 4. The van der Waals surface area contributed by atoms with Crippen LogP contribution in [0.25, 0.3) is 6.08 Å². The van der Waals surface area contributed by atoms with E-state index >= 15 is 0 Å². The van der Waals surface area contributed by atoms with Crippen molar-refractivity contribution in [2.45, 2.75) is 39.8 Å². The second-order valence-corrected chi connectivity index (χ2v) is 13.7. The minimum atomic E-state index is -0.510. The van der Waals surface area contributed by atoms with E-state index in [-0.39, 0.29) is 47.2 Å². The number of hydrogen-bond acceptors (Lipinski definition) is 10. The van der Waals surface area contributed by atoms with Crippen LogP contribution >= 0.6 is 22.6 Å². The minimum Gasteiger partial charge on any atom is -0.463 e. The number of esters is 2. The molecule has 2 aliphatic heterocycles. The van der Waals surface area contributed by atoms with Crippen LogP contribution in [-0.4, -0.2) is 69.7 Å². The Balaban J connectivity index is 0.000000221. The Bertz CT molecular complexity index is 2160. The molecule has 0 N–H and O–H groups in total. The van der Waals surface area contributed by atoms with Gasteiger partial charge in [-0.05, 0) is 108 Å². The lowest BCUT2D eigenvalue weighted by Gasteiger charge is -2.29. The maximum absolute atomic E-state index is 12.7. The van der Waals surface area contributed by atoms with Crippen molar-refractivity contribution in [2.24, 2.45) is 0 Å². The Kier molecular flexibility index (Phi) is 16.2. The maximum Gasteiger partial charge on any atom is 0.330 e. The third-order valence-electron chi connectivity index (χ3n) is 8.77. The minimum absolute atomic E-state index is 0.00724. The Labute approximate surface area is 343 Å². The zero-order valence-corrected chi connectivity index (χ0v) is 33.6. The molecule has 2 aliphatic rings. The first kappa shape index (κ1) is 43.5. The summed E-state index contributed by atoms with van der Waals surface area (Å²) in [6, 6.07) is 24.8. The number of fused-ring (bicyclic) bond motifs is 2. The fourth-order valence-corrected chi connectivity index (χ4v) is 6.86. The largest absolute Gasteiger partial charge is 0.463 e. The zero-order chi connectivity index (χ0) is 41.5. The van der Waals surface area contributed by atoms with Gasteiger partial charge < -0.3 is 19.3 Å². The summed E-state index contributed by atoms with van der Waals surface area (Å²) in [7, 11) is 0. The van der Waals surface area contributed by atoms with Crippen molar-refractivity contribution in [3.8, 4) is 0 Å². The molecule has 0 aromatic heterocycles. The van der Waals surface area contributed by atoms with E-state index in [1.807, 2.05) is 30.3 Å². The van der Waals surface area contributed by atoms with Gasteiger partial charge >= 0.3 is 11.9 Å². The summed E-state index contributed by atoms with van der Waals surface area (Å²) < 4.78 is 10.1. The summed E-state index contributed by atoms with van der Waals surface area (Å²) >= 11 is 2.07. The Morgan fingerprint density at radius 1 is 0.719 bits per heavy atom. The number of nitrogens with zero attached hydrogens (tertiary/aromatic N) is 4. The molecule has 0 atom stereocenters. The molecular formula is C42H41IN4O10. The molecule has 0 radical (unpaired) electrons. The molecule has 0 saturated carbocycles. The molecule has 6 rings (SSSR count). The molecule has 0 fully saturated rings. The van der Waals surface area contributed by atoms with Gasteiger partial charge in [0.2, 0.25) is 0 Å². The third kappa shape index (κ3) is 12.1. The van der Waals surface area contributed by atoms with Gasteiger partial charge in [0.05, 0.1) is 23.1 Å². The number of carbonyl (C=O) groups excluding carboxylic acids is 4. The van der Waals surface area contributed by atoms with E-state index in [0.717, 1.165) is 20.8 Å². The number of nitro benzene ring substituents is 2. The van der Waals surface area contributed by atoms with Crippen LogP contribution in [0.2, 0.25) is 0 Å². The summed E-state index contributed by atoms with van der Waals surface area (Å²) in [6.07, 6.45) is 4.80. The number of rotatable bonds is 9. The smallest absolute Gasteiger partial charge is 0.330 e. The monoisotopic (exact) mass is 888 g/mol. The Hall–Kier alpha value is -6.23. The summed E-state index contributed by atoms with van der Waals surface area (Å²) in [5.41, 5.74) is 4.89. The van der Waals surface area contributed by atoms with Crippen molar-refractivity contribution in [1.82, 2.24) is 9.80 Å². The lowest BCUT2D eigenvalue weighted by atomic mass is 9.94. The summed E-state index contributed by atoms with van der Waals surface area (Å²) in [4.78, 5) is 72.2. The van der Waals surface area contributed by atoms with Gasteiger partial charge in [0.25, 0.3) is 23.2 Å². The van der Waals surface area contributed by atoms with Crippen molar-refractivity contribution in [3.63, 3.8) is 0 Å². The van der Waals surface area contributed by atoms with Crippen molar-refractivity contribution in [3.05, 3.63) is 166 Å². The van der Waals surface area contributed by atoms with E-state index in [9.17, 15) is 39.4 Å². The van der Waals surface area contributed by atoms with Crippen LogP contribution < -0.4 is 0 Å². The van der Waals surface area contributed by atoms with Gasteiger partial charge in [0.1, 0.15) is 0 Å². The average Bonchev–Trinajstić information content (AvgIpc) is 3.22. The van der Waals surface area contributed by atoms with Crippen LogP contribution in [0.3, 0.4) is 0 Å². The maximum atomic E-state index is 12.7. The highest BCUT2D eigenvalue weighted by Gasteiger charge is 2.29. The van der Waals surface area contributed by atoms with Gasteiger partial charge in [-0.15, -0.1) is 0 Å². The zero-order valence-electron chi connectivity index (χ0n) is 31.4. The first-order valence-electron chi connectivity index (χ1n) is 17.9. The van der Waals surface area contributed by atoms with E-state index in [2.05, 4.69) is 33.9 Å². The van der Waals surface area contributed by atoms with E-state index in [0.29, 0.717) is 66.9 Å². The second-order valence-electron chi connectivity index (χ2n) is 12.5. The highest BCUT2D eigenvalue weighted by molar-refractivity contribution is 14.1. The average molecular weight is 889 g/mol. The summed E-state index contributed by atoms with van der Waals surface area (Å²) in [6.45, 7) is 8.95. The van der Waals surface area contributed by atoms with Crippen molar-refractivity contribution >= 4 is 63.8 Å². The predicted molar refractivity (Wildman–Crippen MR) is 221 cm³/mol. The number of halogens is 1. The predicted octanol–water partition coefficient (Wildman–Crippen LogP) is 7.50. The van der Waals surface area contributed by atoms with Crippen LogP contribution in [0.1, 0.15) is 62.4 Å². The fraction of sp³-hybridized carbons (Fsp3) is 0.238. The number of carbonyl (C=O) groups is 4. The lowest BCUT2D eigenvalue weighted by molar-refractivity contribution is -0.385. The molecule has 0 spiro atoms. The molecule has 0 unspecified atom stereocenters. The molecule has 0 bridgehead atoms. The summed E-state index contributed by atoms with van der Waals surface area (Å²) in [5.74, 6) is -1.01. The van der Waals surface area contributed by atoms with E-state index in [1.165, 1.54) is 18.2 Å². The topological polar surface area (TPSA) is 180 Å². The van der Waals surface area contributed by atoms with Gasteiger partial charge in [0, 0.05) is 76.3 Å². The third-order valence-corrected chi connectivity index (χ3v) is 9.39. The van der Waals surface area contributed by atoms with Crippen LogP contribution in [0.15, 0.2) is 104 Å². The van der Waals surface area contributed by atoms with Gasteiger partial charge in [-0.1, -0.05) is 43.0 Å². The molecule has 4 aromatic carbocycles. The molecule has 2 heterocycles. The van der Waals surface area contributed by atoms with Gasteiger partial charge in [0.15, 0.2) is 0 Å².